The van der Waals surface area contributed by atoms with Crippen LogP contribution in [0.4, 0.5) is 5.69 Å². The SMILES string of the molecule is Cc1nc2c(N3CCOCC3)ccnn2c1-c1cnn(C2CCOCC2)c1. The van der Waals surface area contributed by atoms with Gasteiger partial charge < -0.3 is 14.4 Å². The Kier molecular flexibility index (Phi) is 4.29. The Morgan fingerprint density at radius 2 is 1.81 bits per heavy atom. The third-order valence-electron chi connectivity index (χ3n) is 5.46. The second-order valence-corrected chi connectivity index (χ2v) is 7.15. The Hall–Kier alpha value is -2.45. The first-order valence-electron chi connectivity index (χ1n) is 9.60. The van der Waals surface area contributed by atoms with E-state index in [1.807, 2.05) is 29.9 Å². The number of aryl methyl sites for hydroxylation is 1. The second kappa shape index (κ2) is 6.94. The lowest BCUT2D eigenvalue weighted by atomic mass is 10.1. The number of fused-ring (bicyclic) bond motifs is 1. The van der Waals surface area contributed by atoms with Gasteiger partial charge in [-0.3, -0.25) is 4.68 Å². The highest BCUT2D eigenvalue weighted by Crippen LogP contribution is 2.30. The Morgan fingerprint density at radius 3 is 2.63 bits per heavy atom. The molecule has 8 nitrogen and oxygen atoms in total. The lowest BCUT2D eigenvalue weighted by Crippen LogP contribution is -2.36. The zero-order valence-corrected chi connectivity index (χ0v) is 15.5. The Balaban J connectivity index is 1.54. The zero-order chi connectivity index (χ0) is 18.2. The van der Waals surface area contributed by atoms with E-state index in [4.69, 9.17) is 14.5 Å². The van der Waals surface area contributed by atoms with Crippen LogP contribution in [-0.2, 0) is 9.47 Å². The lowest BCUT2D eigenvalue weighted by molar-refractivity contribution is 0.0662. The monoisotopic (exact) mass is 368 g/mol. The van der Waals surface area contributed by atoms with Gasteiger partial charge in [0.25, 0.3) is 0 Å². The van der Waals surface area contributed by atoms with Gasteiger partial charge in [0.05, 0.1) is 48.7 Å². The average Bonchev–Trinajstić information content (AvgIpc) is 3.32. The Bertz CT molecular complexity index is 937. The van der Waals surface area contributed by atoms with Gasteiger partial charge in [-0.25, -0.2) is 9.50 Å². The molecule has 142 valence electrons. The van der Waals surface area contributed by atoms with Crippen LogP contribution in [0.15, 0.2) is 24.7 Å². The van der Waals surface area contributed by atoms with Crippen molar-refractivity contribution in [3.8, 4) is 11.3 Å². The molecule has 0 N–H and O–H groups in total. The number of imidazole rings is 1. The first-order chi connectivity index (χ1) is 13.3. The molecular weight excluding hydrogens is 344 g/mol. The quantitative estimate of drug-likeness (QED) is 0.705. The maximum Gasteiger partial charge on any atom is 0.178 e. The van der Waals surface area contributed by atoms with Gasteiger partial charge in [0, 0.05) is 38.1 Å². The molecule has 0 atom stereocenters. The summed E-state index contributed by atoms with van der Waals surface area (Å²) >= 11 is 0. The van der Waals surface area contributed by atoms with Gasteiger partial charge in [-0.2, -0.15) is 10.2 Å². The van der Waals surface area contributed by atoms with Crippen LogP contribution in [0.5, 0.6) is 0 Å². The molecule has 0 saturated carbocycles. The largest absolute Gasteiger partial charge is 0.381 e. The summed E-state index contributed by atoms with van der Waals surface area (Å²) in [6, 6.07) is 2.45. The van der Waals surface area contributed by atoms with E-state index in [2.05, 4.69) is 26.0 Å². The summed E-state index contributed by atoms with van der Waals surface area (Å²) in [6.45, 7) is 6.90. The van der Waals surface area contributed by atoms with Crippen LogP contribution in [0, 0.1) is 6.92 Å². The molecule has 3 aromatic rings. The molecule has 5 rings (SSSR count). The number of hydrogen-bond donors (Lipinski definition) is 0. The number of morpholine rings is 1. The number of nitrogens with zero attached hydrogens (tertiary/aromatic N) is 6. The van der Waals surface area contributed by atoms with E-state index in [9.17, 15) is 0 Å². The Morgan fingerprint density at radius 1 is 1.04 bits per heavy atom. The minimum Gasteiger partial charge on any atom is -0.381 e. The molecule has 0 bridgehead atoms. The van der Waals surface area contributed by atoms with Crippen molar-refractivity contribution >= 4 is 11.3 Å². The van der Waals surface area contributed by atoms with Gasteiger partial charge in [0.1, 0.15) is 0 Å². The molecule has 5 heterocycles. The van der Waals surface area contributed by atoms with Gasteiger partial charge >= 0.3 is 0 Å². The van der Waals surface area contributed by atoms with E-state index in [0.29, 0.717) is 6.04 Å². The molecule has 8 heteroatoms. The molecule has 2 aliphatic rings. The molecule has 3 aromatic heterocycles. The molecule has 0 spiro atoms. The molecule has 2 saturated heterocycles. The van der Waals surface area contributed by atoms with Crippen LogP contribution in [0.2, 0.25) is 0 Å². The fourth-order valence-electron chi connectivity index (χ4n) is 4.03. The summed E-state index contributed by atoms with van der Waals surface area (Å²) in [7, 11) is 0. The van der Waals surface area contributed by atoms with Gasteiger partial charge in [0.2, 0.25) is 0 Å². The van der Waals surface area contributed by atoms with Gasteiger partial charge in [-0.15, -0.1) is 0 Å². The molecule has 0 unspecified atom stereocenters. The molecule has 0 amide bonds. The summed E-state index contributed by atoms with van der Waals surface area (Å²) in [4.78, 5) is 7.17. The van der Waals surface area contributed by atoms with Gasteiger partial charge in [0.15, 0.2) is 5.65 Å². The summed E-state index contributed by atoms with van der Waals surface area (Å²) < 4.78 is 15.0. The number of aromatic nitrogens is 5. The van der Waals surface area contributed by atoms with E-state index in [-0.39, 0.29) is 0 Å². The van der Waals surface area contributed by atoms with Crippen molar-refractivity contribution in [2.45, 2.75) is 25.8 Å². The van der Waals surface area contributed by atoms with Crippen molar-refractivity contribution in [2.75, 3.05) is 44.4 Å². The topological polar surface area (TPSA) is 69.7 Å². The highest BCUT2D eigenvalue weighted by atomic mass is 16.5. The summed E-state index contributed by atoms with van der Waals surface area (Å²) in [6.07, 6.45) is 7.91. The third kappa shape index (κ3) is 2.98. The normalized spacial score (nSPS) is 19.1. The van der Waals surface area contributed by atoms with Gasteiger partial charge in [-0.05, 0) is 25.8 Å². The number of rotatable bonds is 3. The predicted octanol–water partition coefficient (Wildman–Crippen LogP) is 2.09. The van der Waals surface area contributed by atoms with Crippen LogP contribution >= 0.6 is 0 Å². The molecule has 27 heavy (non-hydrogen) atoms. The zero-order valence-electron chi connectivity index (χ0n) is 15.5. The maximum absolute atomic E-state index is 5.49. The minimum atomic E-state index is 0.406. The molecule has 0 aliphatic carbocycles. The van der Waals surface area contributed by atoms with E-state index in [0.717, 1.165) is 80.6 Å². The number of anilines is 1. The van der Waals surface area contributed by atoms with Crippen LogP contribution < -0.4 is 4.90 Å². The lowest BCUT2D eigenvalue weighted by Gasteiger charge is -2.28. The van der Waals surface area contributed by atoms with E-state index in [1.54, 1.807) is 0 Å². The van der Waals surface area contributed by atoms with Crippen molar-refractivity contribution in [1.29, 1.82) is 0 Å². The number of ether oxygens (including phenoxy) is 2. The summed E-state index contributed by atoms with van der Waals surface area (Å²) in [5.41, 5.74) is 5.04. The highest BCUT2D eigenvalue weighted by Gasteiger charge is 2.22. The fraction of sp³-hybridized carbons (Fsp3) is 0.526. The maximum atomic E-state index is 5.49. The molecular formula is C19H24N6O2. The first-order valence-corrected chi connectivity index (χ1v) is 9.60. The van der Waals surface area contributed by atoms with Crippen molar-refractivity contribution in [3.05, 3.63) is 30.4 Å². The first kappa shape index (κ1) is 16.7. The molecule has 2 fully saturated rings. The van der Waals surface area contributed by atoms with E-state index in [1.165, 1.54) is 0 Å². The molecule has 0 radical (unpaired) electrons. The average molecular weight is 368 g/mol. The van der Waals surface area contributed by atoms with E-state index >= 15 is 0 Å². The third-order valence-corrected chi connectivity index (χ3v) is 5.46. The second-order valence-electron chi connectivity index (χ2n) is 7.15. The summed E-state index contributed by atoms with van der Waals surface area (Å²) in [5.74, 6) is 0. The summed E-state index contributed by atoms with van der Waals surface area (Å²) in [5, 5.41) is 9.22. The predicted molar refractivity (Wildman–Crippen MR) is 101 cm³/mol. The van der Waals surface area contributed by atoms with Crippen molar-refractivity contribution in [3.63, 3.8) is 0 Å². The van der Waals surface area contributed by atoms with Gasteiger partial charge in [-0.1, -0.05) is 0 Å². The number of hydrogen-bond acceptors (Lipinski definition) is 6. The minimum absolute atomic E-state index is 0.406. The standard InChI is InChI=1S/C19H24N6O2/c1-14-18(15-12-21-24(13-15)16-3-8-26-9-4-16)25-19(22-14)17(2-5-20-25)23-6-10-27-11-7-23/h2,5,12-13,16H,3-4,6-11H2,1H3. The molecule has 0 aromatic carbocycles. The van der Waals surface area contributed by atoms with Crippen LogP contribution in [0.3, 0.4) is 0 Å². The van der Waals surface area contributed by atoms with Crippen LogP contribution in [0.1, 0.15) is 24.6 Å². The van der Waals surface area contributed by atoms with Crippen LogP contribution in [-0.4, -0.2) is 63.9 Å². The fourth-order valence-corrected chi connectivity index (χ4v) is 4.03. The van der Waals surface area contributed by atoms with E-state index < -0.39 is 0 Å². The Labute approximate surface area is 157 Å². The van der Waals surface area contributed by atoms with Crippen molar-refractivity contribution in [1.82, 2.24) is 24.4 Å². The highest BCUT2D eigenvalue weighted by molar-refractivity contribution is 5.74. The molecule has 2 aliphatic heterocycles. The van der Waals surface area contributed by atoms with Crippen LogP contribution in [0.25, 0.3) is 16.9 Å². The smallest absolute Gasteiger partial charge is 0.178 e. The van der Waals surface area contributed by atoms with Crippen molar-refractivity contribution < 1.29 is 9.47 Å². The van der Waals surface area contributed by atoms with Crippen molar-refractivity contribution in [2.24, 2.45) is 0 Å².